The van der Waals surface area contributed by atoms with Crippen molar-refractivity contribution in [3.63, 3.8) is 0 Å². The first-order valence-electron chi connectivity index (χ1n) is 8.93. The fourth-order valence-electron chi connectivity index (χ4n) is 3.06. The quantitative estimate of drug-likeness (QED) is 0.736. The molecule has 0 aromatic carbocycles. The minimum absolute atomic E-state index is 0.114. The molecule has 150 valence electrons. The Bertz CT molecular complexity index is 908. The van der Waals surface area contributed by atoms with Gasteiger partial charge in [0.1, 0.15) is 10.0 Å². The van der Waals surface area contributed by atoms with Gasteiger partial charge in [0.25, 0.3) is 10.0 Å². The molecule has 1 aliphatic heterocycles. The van der Waals surface area contributed by atoms with Crippen molar-refractivity contribution in [1.82, 2.24) is 14.6 Å². The summed E-state index contributed by atoms with van der Waals surface area (Å²) in [5, 5.41) is 4.45. The molecule has 0 spiro atoms. The third-order valence-electron chi connectivity index (χ3n) is 4.56. The molecule has 2 aromatic rings. The van der Waals surface area contributed by atoms with E-state index in [0.29, 0.717) is 31.7 Å². The highest BCUT2D eigenvalue weighted by atomic mass is 32.2. The van der Waals surface area contributed by atoms with E-state index in [-0.39, 0.29) is 21.9 Å². The average molecular weight is 423 g/mol. The summed E-state index contributed by atoms with van der Waals surface area (Å²) < 4.78 is 27.2. The lowest BCUT2D eigenvalue weighted by molar-refractivity contribution is -0.135. The molecule has 1 saturated heterocycles. The van der Waals surface area contributed by atoms with E-state index in [9.17, 15) is 18.0 Å². The zero-order valence-corrected chi connectivity index (χ0v) is 17.0. The van der Waals surface area contributed by atoms with Gasteiger partial charge in [-0.1, -0.05) is 12.1 Å². The molecule has 8 nitrogen and oxygen atoms in total. The molecule has 28 heavy (non-hydrogen) atoms. The number of carbonyl (C=O) groups excluding carboxylic acids is 2. The molecular weight excluding hydrogens is 400 g/mol. The lowest BCUT2D eigenvalue weighted by Crippen LogP contribution is -2.50. The molecule has 0 bridgehead atoms. The van der Waals surface area contributed by atoms with Crippen LogP contribution in [0.2, 0.25) is 0 Å². The molecule has 10 heteroatoms. The maximum atomic E-state index is 12.6. The summed E-state index contributed by atoms with van der Waals surface area (Å²) >= 11 is 1.10. The molecule has 1 unspecified atom stereocenters. The van der Waals surface area contributed by atoms with Gasteiger partial charge in [0.05, 0.1) is 6.04 Å². The second kappa shape index (κ2) is 8.80. The molecule has 1 atom stereocenters. The van der Waals surface area contributed by atoms with Gasteiger partial charge in [0, 0.05) is 25.2 Å². The van der Waals surface area contributed by atoms with Crippen molar-refractivity contribution in [2.24, 2.45) is 5.92 Å². The number of amides is 2. The van der Waals surface area contributed by atoms with E-state index in [1.807, 2.05) is 0 Å². The fourth-order valence-corrected chi connectivity index (χ4v) is 5.26. The predicted octanol–water partition coefficient (Wildman–Crippen LogP) is 1.69. The third kappa shape index (κ3) is 4.94. The summed E-state index contributed by atoms with van der Waals surface area (Å²) in [7, 11) is -3.71. The molecule has 2 N–H and O–H groups in total. The average Bonchev–Trinajstić information content (AvgIpc) is 3.24. The highest BCUT2D eigenvalue weighted by Gasteiger charge is 2.31. The standard InChI is InChI=1S/C18H22N4O4S2/c1-13(21-28(25,26)16-6-4-12-27-16)18(24)22-10-7-14(8-11-22)17(23)20-15-5-2-3-9-19-15/h2-6,9,12-14,21H,7-8,10-11H2,1H3,(H,19,20,23). The predicted molar refractivity (Wildman–Crippen MR) is 106 cm³/mol. The van der Waals surface area contributed by atoms with Gasteiger partial charge < -0.3 is 10.2 Å². The number of rotatable bonds is 6. The third-order valence-corrected chi connectivity index (χ3v) is 7.49. The Kier molecular flexibility index (Phi) is 6.42. The van der Waals surface area contributed by atoms with Crippen LogP contribution in [-0.4, -0.2) is 49.2 Å². The maximum Gasteiger partial charge on any atom is 0.250 e. The smallest absolute Gasteiger partial charge is 0.250 e. The summed E-state index contributed by atoms with van der Waals surface area (Å²) in [4.78, 5) is 30.6. The first-order chi connectivity index (χ1) is 13.4. The lowest BCUT2D eigenvalue weighted by atomic mass is 9.95. The molecule has 1 aliphatic rings. The summed E-state index contributed by atoms with van der Waals surface area (Å²) in [6.07, 6.45) is 2.65. The van der Waals surface area contributed by atoms with Crippen LogP contribution < -0.4 is 10.0 Å². The van der Waals surface area contributed by atoms with Crippen molar-refractivity contribution in [1.29, 1.82) is 0 Å². The highest BCUT2D eigenvalue weighted by Crippen LogP contribution is 2.20. The molecule has 1 fully saturated rings. The SMILES string of the molecule is CC(NS(=O)(=O)c1cccs1)C(=O)N1CCC(C(=O)Nc2ccccn2)CC1. The number of hydrogen-bond donors (Lipinski definition) is 2. The lowest BCUT2D eigenvalue weighted by Gasteiger charge is -2.33. The Morgan fingerprint density at radius 1 is 1.21 bits per heavy atom. The number of nitrogens with one attached hydrogen (secondary N) is 2. The van der Waals surface area contributed by atoms with E-state index in [0.717, 1.165) is 11.3 Å². The van der Waals surface area contributed by atoms with Gasteiger partial charge in [-0.15, -0.1) is 11.3 Å². The van der Waals surface area contributed by atoms with Crippen LogP contribution in [0.5, 0.6) is 0 Å². The number of sulfonamides is 1. The summed E-state index contributed by atoms with van der Waals surface area (Å²) in [5.74, 6) is -0.104. The number of likely N-dealkylation sites (tertiary alicyclic amines) is 1. The number of piperidine rings is 1. The van der Waals surface area contributed by atoms with Crippen LogP contribution in [0.4, 0.5) is 5.82 Å². The second-order valence-electron chi connectivity index (χ2n) is 6.58. The molecule has 3 rings (SSSR count). The summed E-state index contributed by atoms with van der Waals surface area (Å²) in [6, 6.07) is 7.56. The summed E-state index contributed by atoms with van der Waals surface area (Å²) in [5.41, 5.74) is 0. The largest absolute Gasteiger partial charge is 0.341 e. The monoisotopic (exact) mass is 422 g/mol. The van der Waals surface area contributed by atoms with E-state index in [1.54, 1.807) is 40.7 Å². The van der Waals surface area contributed by atoms with E-state index in [1.165, 1.54) is 13.0 Å². The van der Waals surface area contributed by atoms with Crippen molar-refractivity contribution in [3.05, 3.63) is 41.9 Å². The van der Waals surface area contributed by atoms with Gasteiger partial charge in [-0.3, -0.25) is 9.59 Å². The normalized spacial score (nSPS) is 16.5. The first-order valence-corrected chi connectivity index (χ1v) is 11.3. The van der Waals surface area contributed by atoms with Gasteiger partial charge in [0.2, 0.25) is 11.8 Å². The van der Waals surface area contributed by atoms with Crippen LogP contribution in [0.25, 0.3) is 0 Å². The van der Waals surface area contributed by atoms with Crippen LogP contribution in [0.3, 0.4) is 0 Å². The Morgan fingerprint density at radius 2 is 1.96 bits per heavy atom. The topological polar surface area (TPSA) is 108 Å². The number of anilines is 1. The van der Waals surface area contributed by atoms with E-state index < -0.39 is 16.1 Å². The molecule has 3 heterocycles. The second-order valence-corrected chi connectivity index (χ2v) is 9.47. The number of hydrogen-bond acceptors (Lipinski definition) is 6. The zero-order valence-electron chi connectivity index (χ0n) is 15.4. The molecule has 0 radical (unpaired) electrons. The Balaban J connectivity index is 1.51. The van der Waals surface area contributed by atoms with Crippen LogP contribution >= 0.6 is 11.3 Å². The molecule has 0 aliphatic carbocycles. The van der Waals surface area contributed by atoms with E-state index in [2.05, 4.69) is 15.0 Å². The molecule has 2 aromatic heterocycles. The maximum absolute atomic E-state index is 12.6. The Labute approximate surface area is 168 Å². The zero-order chi connectivity index (χ0) is 20.1. The van der Waals surface area contributed by atoms with Gasteiger partial charge in [0.15, 0.2) is 0 Å². The van der Waals surface area contributed by atoms with Crippen LogP contribution in [0.15, 0.2) is 46.1 Å². The van der Waals surface area contributed by atoms with Crippen molar-refractivity contribution in [2.75, 3.05) is 18.4 Å². The van der Waals surface area contributed by atoms with Gasteiger partial charge in [-0.2, -0.15) is 4.72 Å². The molecular formula is C18H22N4O4S2. The van der Waals surface area contributed by atoms with Crippen LogP contribution in [0, 0.1) is 5.92 Å². The van der Waals surface area contributed by atoms with Gasteiger partial charge in [-0.05, 0) is 43.3 Å². The number of pyridine rings is 1. The minimum Gasteiger partial charge on any atom is -0.341 e. The van der Waals surface area contributed by atoms with E-state index in [4.69, 9.17) is 0 Å². The number of nitrogens with zero attached hydrogens (tertiary/aromatic N) is 2. The molecule has 2 amide bonds. The minimum atomic E-state index is -3.71. The highest BCUT2D eigenvalue weighted by molar-refractivity contribution is 7.91. The van der Waals surface area contributed by atoms with Crippen molar-refractivity contribution >= 4 is 39.0 Å². The van der Waals surface area contributed by atoms with Crippen LogP contribution in [0.1, 0.15) is 19.8 Å². The fraction of sp³-hybridized carbons (Fsp3) is 0.389. The number of aromatic nitrogens is 1. The Hall–Kier alpha value is -2.30. The van der Waals surface area contributed by atoms with E-state index >= 15 is 0 Å². The van der Waals surface area contributed by atoms with Gasteiger partial charge >= 0.3 is 0 Å². The first kappa shape index (κ1) is 20.4. The summed E-state index contributed by atoms with van der Waals surface area (Å²) in [6.45, 7) is 2.35. The number of carbonyl (C=O) groups is 2. The van der Waals surface area contributed by atoms with Crippen molar-refractivity contribution in [3.8, 4) is 0 Å². The van der Waals surface area contributed by atoms with Gasteiger partial charge in [-0.25, -0.2) is 13.4 Å². The van der Waals surface area contributed by atoms with Crippen molar-refractivity contribution < 1.29 is 18.0 Å². The molecule has 0 saturated carbocycles. The van der Waals surface area contributed by atoms with Crippen LogP contribution in [-0.2, 0) is 19.6 Å². The Morgan fingerprint density at radius 3 is 2.57 bits per heavy atom. The van der Waals surface area contributed by atoms with Crippen molar-refractivity contribution in [2.45, 2.75) is 30.0 Å². The number of thiophene rings is 1.